The molecule has 2 nitrogen and oxygen atoms in total. The van der Waals surface area contributed by atoms with Crippen LogP contribution in [0.15, 0.2) is 42.6 Å². The topological polar surface area (TPSA) is 22.0 Å². The molecule has 0 radical (unpaired) electrons. The number of carbonyl (C=O) groups is 1. The van der Waals surface area contributed by atoms with Gasteiger partial charge in [0.1, 0.15) is 0 Å². The van der Waals surface area contributed by atoms with Crippen molar-refractivity contribution in [3.63, 3.8) is 0 Å². The number of aryl methyl sites for hydroxylation is 1. The molecule has 2 heteroatoms. The quantitative estimate of drug-likeness (QED) is 0.710. The minimum Gasteiger partial charge on any atom is -0.345 e. The van der Waals surface area contributed by atoms with Crippen molar-refractivity contribution in [2.24, 2.45) is 0 Å². The molecule has 1 aliphatic rings. The number of rotatable bonds is 1. The predicted molar refractivity (Wildman–Crippen MR) is 63.4 cm³/mol. The van der Waals surface area contributed by atoms with Crippen LogP contribution in [0.5, 0.6) is 0 Å². The summed E-state index contributed by atoms with van der Waals surface area (Å²) in [6, 6.07) is 12.2. The molecule has 0 fully saturated rings. The number of fused-ring (bicyclic) bond motifs is 1. The Morgan fingerprint density at radius 1 is 1.06 bits per heavy atom. The molecular weight excluding hydrogens is 198 g/mol. The van der Waals surface area contributed by atoms with Crippen LogP contribution in [0.25, 0.3) is 11.1 Å². The molecule has 0 amide bonds. The van der Waals surface area contributed by atoms with Crippen molar-refractivity contribution < 1.29 is 4.79 Å². The third kappa shape index (κ3) is 1.38. The minimum absolute atomic E-state index is 0.273. The Bertz CT molecular complexity index is 525. The number of Topliss-reactive ketones (excluding diaryl/α,β-unsaturated/α-hetero) is 1. The summed E-state index contributed by atoms with van der Waals surface area (Å²) in [7, 11) is 0. The predicted octanol–water partition coefficient (Wildman–Crippen LogP) is 3.13. The van der Waals surface area contributed by atoms with E-state index in [9.17, 15) is 4.79 Å². The van der Waals surface area contributed by atoms with Gasteiger partial charge >= 0.3 is 0 Å². The van der Waals surface area contributed by atoms with E-state index in [2.05, 4.69) is 16.7 Å². The Morgan fingerprint density at radius 2 is 1.88 bits per heavy atom. The van der Waals surface area contributed by atoms with E-state index in [1.54, 1.807) is 0 Å². The van der Waals surface area contributed by atoms with Crippen LogP contribution < -0.4 is 0 Å². The smallest absolute Gasteiger partial charge is 0.179 e. The van der Waals surface area contributed by atoms with Gasteiger partial charge in [0.25, 0.3) is 0 Å². The first-order chi connectivity index (χ1) is 7.86. The highest BCUT2D eigenvalue weighted by Gasteiger charge is 2.21. The van der Waals surface area contributed by atoms with Crippen molar-refractivity contribution in [1.29, 1.82) is 0 Å². The van der Waals surface area contributed by atoms with Gasteiger partial charge in [0.15, 0.2) is 5.78 Å². The van der Waals surface area contributed by atoms with Crippen LogP contribution in [0, 0.1) is 0 Å². The maximum absolute atomic E-state index is 11.9. The number of hydrogen-bond donors (Lipinski definition) is 0. The van der Waals surface area contributed by atoms with Crippen molar-refractivity contribution in [1.82, 2.24) is 4.57 Å². The van der Waals surface area contributed by atoms with Gasteiger partial charge in [0, 0.05) is 24.7 Å². The van der Waals surface area contributed by atoms with E-state index in [1.165, 1.54) is 0 Å². The SMILES string of the molecule is O=C1CCCn2ccc(-c3ccccc3)c21. The standard InChI is InChI=1S/C14H13NO/c16-13-7-4-9-15-10-8-12(14(13)15)11-5-2-1-3-6-11/h1-3,5-6,8,10H,4,7,9H2. The third-order valence-corrected chi connectivity index (χ3v) is 3.12. The highest BCUT2D eigenvalue weighted by molar-refractivity contribution is 6.01. The Balaban J connectivity index is 2.16. The third-order valence-electron chi connectivity index (χ3n) is 3.12. The van der Waals surface area contributed by atoms with Crippen LogP contribution in [0.2, 0.25) is 0 Å². The molecule has 80 valence electrons. The number of nitrogens with zero attached hydrogens (tertiary/aromatic N) is 1. The Morgan fingerprint density at radius 3 is 2.69 bits per heavy atom. The molecule has 0 unspecified atom stereocenters. The number of hydrogen-bond acceptors (Lipinski definition) is 1. The van der Waals surface area contributed by atoms with Crippen LogP contribution in [-0.4, -0.2) is 10.4 Å². The second kappa shape index (κ2) is 3.63. The van der Waals surface area contributed by atoms with Crippen LogP contribution in [-0.2, 0) is 6.54 Å². The molecular formula is C14H13NO. The molecule has 0 saturated carbocycles. The maximum atomic E-state index is 11.9. The second-order valence-corrected chi connectivity index (χ2v) is 4.16. The first-order valence-electron chi connectivity index (χ1n) is 5.64. The highest BCUT2D eigenvalue weighted by Crippen LogP contribution is 2.28. The summed E-state index contributed by atoms with van der Waals surface area (Å²) in [5.41, 5.74) is 3.09. The lowest BCUT2D eigenvalue weighted by molar-refractivity contribution is 0.0956. The lowest BCUT2D eigenvalue weighted by atomic mass is 10.0. The van der Waals surface area contributed by atoms with Gasteiger partial charge < -0.3 is 4.57 Å². The normalized spacial score (nSPS) is 14.9. The monoisotopic (exact) mass is 211 g/mol. The minimum atomic E-state index is 0.273. The Hall–Kier alpha value is -1.83. The van der Waals surface area contributed by atoms with Crippen LogP contribution in [0.4, 0.5) is 0 Å². The van der Waals surface area contributed by atoms with E-state index in [0.29, 0.717) is 6.42 Å². The van der Waals surface area contributed by atoms with Gasteiger partial charge in [-0.25, -0.2) is 0 Å². The Labute approximate surface area is 94.5 Å². The van der Waals surface area contributed by atoms with Gasteiger partial charge in [-0.2, -0.15) is 0 Å². The van der Waals surface area contributed by atoms with E-state index in [4.69, 9.17) is 0 Å². The Kier molecular flexibility index (Phi) is 2.13. The van der Waals surface area contributed by atoms with Crippen molar-refractivity contribution in [3.8, 4) is 11.1 Å². The van der Waals surface area contributed by atoms with Gasteiger partial charge in [0.05, 0.1) is 5.69 Å². The second-order valence-electron chi connectivity index (χ2n) is 4.16. The lowest BCUT2D eigenvalue weighted by Gasteiger charge is -2.15. The lowest BCUT2D eigenvalue weighted by Crippen LogP contribution is -2.16. The molecule has 0 saturated heterocycles. The zero-order valence-electron chi connectivity index (χ0n) is 9.02. The fraction of sp³-hybridized carbons (Fsp3) is 0.214. The summed E-state index contributed by atoms with van der Waals surface area (Å²) in [5.74, 6) is 0.273. The summed E-state index contributed by atoms with van der Waals surface area (Å²) < 4.78 is 2.08. The highest BCUT2D eigenvalue weighted by atomic mass is 16.1. The zero-order chi connectivity index (χ0) is 11.0. The fourth-order valence-electron chi connectivity index (χ4n) is 2.35. The van der Waals surface area contributed by atoms with Crippen LogP contribution in [0.3, 0.4) is 0 Å². The van der Waals surface area contributed by atoms with Crippen molar-refractivity contribution in [2.75, 3.05) is 0 Å². The van der Waals surface area contributed by atoms with Crippen molar-refractivity contribution in [2.45, 2.75) is 19.4 Å². The van der Waals surface area contributed by atoms with Gasteiger partial charge in [-0.15, -0.1) is 0 Å². The van der Waals surface area contributed by atoms with Gasteiger partial charge in [-0.1, -0.05) is 30.3 Å². The molecule has 0 spiro atoms. The fourth-order valence-corrected chi connectivity index (χ4v) is 2.35. The van der Waals surface area contributed by atoms with Crippen molar-refractivity contribution in [3.05, 3.63) is 48.3 Å². The summed E-state index contributed by atoms with van der Waals surface area (Å²) >= 11 is 0. The molecule has 2 aromatic rings. The number of ketones is 1. The largest absolute Gasteiger partial charge is 0.345 e. The number of aromatic nitrogens is 1. The van der Waals surface area contributed by atoms with Crippen LogP contribution >= 0.6 is 0 Å². The van der Waals surface area contributed by atoms with Gasteiger partial charge in [0.2, 0.25) is 0 Å². The van der Waals surface area contributed by atoms with Crippen LogP contribution in [0.1, 0.15) is 23.3 Å². The van der Waals surface area contributed by atoms with E-state index in [-0.39, 0.29) is 5.78 Å². The molecule has 0 bridgehead atoms. The zero-order valence-corrected chi connectivity index (χ0v) is 9.02. The van der Waals surface area contributed by atoms with E-state index in [1.807, 2.05) is 30.5 Å². The molecule has 0 aliphatic carbocycles. The molecule has 2 heterocycles. The van der Waals surface area contributed by atoms with E-state index in [0.717, 1.165) is 29.8 Å². The first kappa shape index (κ1) is 9.40. The van der Waals surface area contributed by atoms with E-state index < -0.39 is 0 Å². The van der Waals surface area contributed by atoms with E-state index >= 15 is 0 Å². The average molecular weight is 211 g/mol. The molecule has 16 heavy (non-hydrogen) atoms. The number of benzene rings is 1. The van der Waals surface area contributed by atoms with Gasteiger partial charge in [-0.05, 0) is 18.1 Å². The summed E-state index contributed by atoms with van der Waals surface area (Å²) in [5, 5.41) is 0. The molecule has 3 rings (SSSR count). The maximum Gasteiger partial charge on any atom is 0.179 e. The molecule has 0 N–H and O–H groups in total. The average Bonchev–Trinajstić information content (AvgIpc) is 2.75. The van der Waals surface area contributed by atoms with Crippen molar-refractivity contribution >= 4 is 5.78 Å². The summed E-state index contributed by atoms with van der Waals surface area (Å²) in [6.07, 6.45) is 3.67. The summed E-state index contributed by atoms with van der Waals surface area (Å²) in [4.78, 5) is 11.9. The first-order valence-corrected chi connectivity index (χ1v) is 5.64. The molecule has 1 aliphatic heterocycles. The summed E-state index contributed by atoms with van der Waals surface area (Å²) in [6.45, 7) is 0.966. The van der Waals surface area contributed by atoms with Gasteiger partial charge in [-0.3, -0.25) is 4.79 Å². The molecule has 0 atom stereocenters. The molecule has 1 aromatic heterocycles. The molecule has 1 aromatic carbocycles. The number of carbonyl (C=O) groups excluding carboxylic acids is 1.